The summed E-state index contributed by atoms with van der Waals surface area (Å²) in [6, 6.07) is 8.27. The fraction of sp³-hybridized carbons (Fsp3) is 0.562. The van der Waals surface area contributed by atoms with Crippen molar-refractivity contribution in [2.75, 3.05) is 33.9 Å². The number of amides is 1. The lowest BCUT2D eigenvalue weighted by Gasteiger charge is -2.32. The van der Waals surface area contributed by atoms with Gasteiger partial charge in [0.2, 0.25) is 5.91 Å². The van der Waals surface area contributed by atoms with Crippen molar-refractivity contribution < 1.29 is 14.3 Å². The van der Waals surface area contributed by atoms with Gasteiger partial charge in [-0.2, -0.15) is 0 Å². The molecule has 0 saturated carbocycles. The molecule has 2 rings (SSSR count). The highest BCUT2D eigenvalue weighted by atomic mass is 16.5. The van der Waals surface area contributed by atoms with E-state index in [1.807, 2.05) is 17.0 Å². The zero-order valence-electron chi connectivity index (χ0n) is 12.3. The molecule has 0 aromatic heterocycles. The van der Waals surface area contributed by atoms with Gasteiger partial charge in [-0.25, -0.2) is 0 Å². The Morgan fingerprint density at radius 3 is 2.40 bits per heavy atom. The van der Waals surface area contributed by atoms with Gasteiger partial charge in [-0.05, 0) is 42.9 Å². The van der Waals surface area contributed by atoms with Gasteiger partial charge in [0.25, 0.3) is 0 Å². The summed E-state index contributed by atoms with van der Waals surface area (Å²) in [5.41, 5.74) is 1.34. The van der Waals surface area contributed by atoms with E-state index in [2.05, 4.69) is 12.1 Å². The van der Waals surface area contributed by atoms with Crippen LogP contribution in [0.1, 0.15) is 18.4 Å². The first-order valence-electron chi connectivity index (χ1n) is 7.12. The number of ether oxygens (including phenoxy) is 2. The third-order valence-corrected chi connectivity index (χ3v) is 3.92. The number of piperidine rings is 1. The van der Waals surface area contributed by atoms with Crippen molar-refractivity contribution in [1.82, 2.24) is 4.90 Å². The summed E-state index contributed by atoms with van der Waals surface area (Å²) in [5.74, 6) is 1.67. The third kappa shape index (κ3) is 3.97. The molecule has 4 nitrogen and oxygen atoms in total. The average Bonchev–Trinajstić information content (AvgIpc) is 2.49. The number of benzene rings is 1. The van der Waals surface area contributed by atoms with Crippen LogP contribution in [0.4, 0.5) is 0 Å². The summed E-state index contributed by atoms with van der Waals surface area (Å²) in [7, 11) is 3.25. The highest BCUT2D eigenvalue weighted by Gasteiger charge is 2.22. The largest absolute Gasteiger partial charge is 0.497 e. The van der Waals surface area contributed by atoms with Crippen molar-refractivity contribution in [2.24, 2.45) is 5.92 Å². The van der Waals surface area contributed by atoms with Crippen molar-refractivity contribution in [3.8, 4) is 5.75 Å². The Balaban J connectivity index is 1.80. The van der Waals surface area contributed by atoms with Gasteiger partial charge in [0.1, 0.15) is 12.4 Å². The number of nitrogens with zero attached hydrogens (tertiary/aromatic N) is 1. The number of hydrogen-bond acceptors (Lipinski definition) is 3. The first-order chi connectivity index (χ1) is 9.72. The number of carbonyl (C=O) groups is 1. The molecular formula is C16H23NO3. The van der Waals surface area contributed by atoms with Crippen LogP contribution in [0.15, 0.2) is 24.3 Å². The summed E-state index contributed by atoms with van der Waals surface area (Å²) >= 11 is 0. The lowest BCUT2D eigenvalue weighted by Crippen LogP contribution is -2.40. The molecular weight excluding hydrogens is 254 g/mol. The third-order valence-electron chi connectivity index (χ3n) is 3.92. The number of methoxy groups -OCH3 is 2. The van der Waals surface area contributed by atoms with Crippen LogP contribution in [0, 0.1) is 5.92 Å². The second-order valence-electron chi connectivity index (χ2n) is 5.31. The van der Waals surface area contributed by atoms with Crippen LogP contribution < -0.4 is 4.74 Å². The maximum Gasteiger partial charge on any atom is 0.248 e. The van der Waals surface area contributed by atoms with E-state index < -0.39 is 0 Å². The van der Waals surface area contributed by atoms with Gasteiger partial charge in [0.15, 0.2) is 0 Å². The summed E-state index contributed by atoms with van der Waals surface area (Å²) in [5, 5.41) is 0. The highest BCUT2D eigenvalue weighted by molar-refractivity contribution is 5.77. The summed E-state index contributed by atoms with van der Waals surface area (Å²) in [4.78, 5) is 13.6. The van der Waals surface area contributed by atoms with Crippen molar-refractivity contribution in [3.63, 3.8) is 0 Å². The molecule has 1 aliphatic rings. The number of hydrogen-bond donors (Lipinski definition) is 0. The molecule has 0 N–H and O–H groups in total. The maximum absolute atomic E-state index is 11.7. The monoisotopic (exact) mass is 277 g/mol. The van der Waals surface area contributed by atoms with Crippen LogP contribution in [-0.2, 0) is 16.0 Å². The van der Waals surface area contributed by atoms with Crippen LogP contribution in [-0.4, -0.2) is 44.7 Å². The van der Waals surface area contributed by atoms with Gasteiger partial charge in [0.05, 0.1) is 7.11 Å². The zero-order valence-corrected chi connectivity index (χ0v) is 12.3. The van der Waals surface area contributed by atoms with Gasteiger partial charge < -0.3 is 14.4 Å². The second-order valence-corrected chi connectivity index (χ2v) is 5.31. The molecule has 1 saturated heterocycles. The van der Waals surface area contributed by atoms with Crippen LogP contribution in [0.25, 0.3) is 0 Å². The normalized spacial score (nSPS) is 16.2. The van der Waals surface area contributed by atoms with Crippen molar-refractivity contribution in [3.05, 3.63) is 29.8 Å². The summed E-state index contributed by atoms with van der Waals surface area (Å²) in [6.45, 7) is 1.90. The average molecular weight is 277 g/mol. The van der Waals surface area contributed by atoms with Crippen molar-refractivity contribution in [2.45, 2.75) is 19.3 Å². The SMILES string of the molecule is COCC(=O)N1CCC(Cc2ccc(OC)cc2)CC1. The predicted octanol–water partition coefficient (Wildman–Crippen LogP) is 2.12. The fourth-order valence-corrected chi connectivity index (χ4v) is 2.70. The molecule has 0 bridgehead atoms. The molecule has 1 aromatic rings. The van der Waals surface area contributed by atoms with Gasteiger partial charge >= 0.3 is 0 Å². The quantitative estimate of drug-likeness (QED) is 0.827. The minimum Gasteiger partial charge on any atom is -0.497 e. The molecule has 0 atom stereocenters. The predicted molar refractivity (Wildman–Crippen MR) is 77.9 cm³/mol. The maximum atomic E-state index is 11.7. The Morgan fingerprint density at radius 1 is 1.20 bits per heavy atom. The van der Waals surface area contributed by atoms with E-state index >= 15 is 0 Å². The van der Waals surface area contributed by atoms with E-state index in [0.717, 1.165) is 38.1 Å². The minimum absolute atomic E-state index is 0.107. The molecule has 0 radical (unpaired) electrons. The molecule has 1 amide bonds. The molecule has 0 spiro atoms. The first kappa shape index (κ1) is 14.9. The Bertz CT molecular complexity index is 422. The molecule has 1 heterocycles. The number of carbonyl (C=O) groups excluding carboxylic acids is 1. The van der Waals surface area contributed by atoms with E-state index in [1.54, 1.807) is 14.2 Å². The molecule has 4 heteroatoms. The summed E-state index contributed by atoms with van der Waals surface area (Å²) in [6.07, 6.45) is 3.22. The Hall–Kier alpha value is -1.55. The van der Waals surface area contributed by atoms with Crippen molar-refractivity contribution >= 4 is 5.91 Å². The molecule has 1 fully saturated rings. The Morgan fingerprint density at radius 2 is 1.85 bits per heavy atom. The van der Waals surface area contributed by atoms with E-state index in [1.165, 1.54) is 5.56 Å². The van der Waals surface area contributed by atoms with Gasteiger partial charge in [-0.15, -0.1) is 0 Å². The molecule has 1 aliphatic heterocycles. The highest BCUT2D eigenvalue weighted by Crippen LogP contribution is 2.23. The number of rotatable bonds is 5. The van der Waals surface area contributed by atoms with Crippen LogP contribution in [0.5, 0.6) is 5.75 Å². The molecule has 0 unspecified atom stereocenters. The van der Waals surface area contributed by atoms with E-state index in [4.69, 9.17) is 9.47 Å². The van der Waals surface area contributed by atoms with Crippen molar-refractivity contribution in [1.29, 1.82) is 0 Å². The van der Waals surface area contributed by atoms with E-state index in [0.29, 0.717) is 5.92 Å². The standard InChI is InChI=1S/C16H23NO3/c1-19-12-16(18)17-9-7-14(8-10-17)11-13-3-5-15(20-2)6-4-13/h3-6,14H,7-12H2,1-2H3. The van der Waals surface area contributed by atoms with Crippen LogP contribution in [0.2, 0.25) is 0 Å². The second kappa shape index (κ2) is 7.29. The van der Waals surface area contributed by atoms with Gasteiger partial charge in [-0.3, -0.25) is 4.79 Å². The molecule has 20 heavy (non-hydrogen) atoms. The smallest absolute Gasteiger partial charge is 0.248 e. The Labute approximate surface area is 120 Å². The lowest BCUT2D eigenvalue weighted by molar-refractivity contribution is -0.136. The first-order valence-corrected chi connectivity index (χ1v) is 7.12. The zero-order chi connectivity index (χ0) is 14.4. The molecule has 0 aliphatic carbocycles. The van der Waals surface area contributed by atoms with Crippen LogP contribution >= 0.6 is 0 Å². The topological polar surface area (TPSA) is 38.8 Å². The fourth-order valence-electron chi connectivity index (χ4n) is 2.70. The molecule has 110 valence electrons. The Kier molecular flexibility index (Phi) is 5.41. The van der Waals surface area contributed by atoms with Gasteiger partial charge in [-0.1, -0.05) is 12.1 Å². The number of likely N-dealkylation sites (tertiary alicyclic amines) is 1. The van der Waals surface area contributed by atoms with E-state index in [-0.39, 0.29) is 12.5 Å². The van der Waals surface area contributed by atoms with Crippen LogP contribution in [0.3, 0.4) is 0 Å². The van der Waals surface area contributed by atoms with Gasteiger partial charge in [0, 0.05) is 20.2 Å². The molecule has 1 aromatic carbocycles. The van der Waals surface area contributed by atoms with E-state index in [9.17, 15) is 4.79 Å². The summed E-state index contributed by atoms with van der Waals surface area (Å²) < 4.78 is 10.1. The lowest BCUT2D eigenvalue weighted by atomic mass is 9.90. The minimum atomic E-state index is 0.107.